The number of carboxylic acid groups (broad SMARTS) is 1. The number of anilines is 1. The van der Waals surface area contributed by atoms with Gasteiger partial charge in [0.15, 0.2) is 10.8 Å². The van der Waals surface area contributed by atoms with Crippen molar-refractivity contribution in [3.05, 3.63) is 39.8 Å². The number of aryl methyl sites for hydroxylation is 2. The Morgan fingerprint density at radius 3 is 2.78 bits per heavy atom. The monoisotopic (exact) mass is 348 g/mol. The third kappa shape index (κ3) is 3.15. The second-order valence-corrected chi connectivity index (χ2v) is 6.92. The number of aromatic nitrogens is 3. The van der Waals surface area contributed by atoms with Gasteiger partial charge in [-0.3, -0.25) is 14.8 Å². The van der Waals surface area contributed by atoms with Gasteiger partial charge in [-0.05, 0) is 19.1 Å². The van der Waals surface area contributed by atoms with Gasteiger partial charge in [0, 0.05) is 23.5 Å². The van der Waals surface area contributed by atoms with Gasteiger partial charge in [-0.25, -0.2) is 9.78 Å². The first-order valence-corrected chi connectivity index (χ1v) is 8.24. The van der Waals surface area contributed by atoms with Crippen LogP contribution in [0.25, 0.3) is 10.6 Å². The number of amides is 1. The van der Waals surface area contributed by atoms with Crippen LogP contribution in [-0.2, 0) is 7.05 Å². The van der Waals surface area contributed by atoms with Crippen molar-refractivity contribution in [2.75, 3.05) is 5.32 Å². The second kappa shape index (κ2) is 5.94. The number of nitrogens with one attached hydrogen (secondary N) is 1. The number of hydrogen-bond acceptors (Lipinski definition) is 6. The molecule has 0 aliphatic rings. The number of hydrogen-bond donors (Lipinski definition) is 2. The summed E-state index contributed by atoms with van der Waals surface area (Å²) in [5, 5.41) is 17.8. The third-order valence-corrected chi connectivity index (χ3v) is 4.77. The fourth-order valence-electron chi connectivity index (χ4n) is 1.99. The van der Waals surface area contributed by atoms with E-state index in [0.717, 1.165) is 10.6 Å². The first kappa shape index (κ1) is 15.4. The third-order valence-electron chi connectivity index (χ3n) is 2.99. The van der Waals surface area contributed by atoms with Crippen LogP contribution in [0.15, 0.2) is 23.7 Å². The normalized spacial score (nSPS) is 10.7. The smallest absolute Gasteiger partial charge is 0.339 e. The maximum absolute atomic E-state index is 12.2. The minimum atomic E-state index is -1.20. The summed E-state index contributed by atoms with van der Waals surface area (Å²) in [6, 6.07) is 3.98. The van der Waals surface area contributed by atoms with E-state index < -0.39 is 11.9 Å². The van der Waals surface area contributed by atoms with Crippen molar-refractivity contribution in [3.8, 4) is 10.6 Å². The van der Waals surface area contributed by atoms with Crippen LogP contribution in [0.2, 0.25) is 0 Å². The number of thiophene rings is 1. The number of carboxylic acids is 1. The van der Waals surface area contributed by atoms with Gasteiger partial charge >= 0.3 is 5.97 Å². The van der Waals surface area contributed by atoms with Crippen LogP contribution in [0.5, 0.6) is 0 Å². The van der Waals surface area contributed by atoms with Gasteiger partial charge < -0.3 is 5.11 Å². The average Bonchev–Trinajstić information content (AvgIpc) is 3.18. The largest absolute Gasteiger partial charge is 0.478 e. The van der Waals surface area contributed by atoms with Gasteiger partial charge in [-0.2, -0.15) is 5.10 Å². The van der Waals surface area contributed by atoms with Crippen LogP contribution in [0.1, 0.15) is 25.7 Å². The first-order chi connectivity index (χ1) is 10.9. The molecule has 0 aliphatic carbocycles. The van der Waals surface area contributed by atoms with Crippen molar-refractivity contribution in [2.24, 2.45) is 7.05 Å². The van der Waals surface area contributed by atoms with Crippen molar-refractivity contribution in [1.29, 1.82) is 0 Å². The van der Waals surface area contributed by atoms with Crippen LogP contribution in [-0.4, -0.2) is 31.7 Å². The number of carbonyl (C=O) groups is 2. The predicted molar refractivity (Wildman–Crippen MR) is 88.3 cm³/mol. The lowest BCUT2D eigenvalue weighted by atomic mass is 10.2. The van der Waals surface area contributed by atoms with E-state index in [9.17, 15) is 9.59 Å². The van der Waals surface area contributed by atoms with Gasteiger partial charge in [0.1, 0.15) is 5.56 Å². The molecule has 0 bridgehead atoms. The highest BCUT2D eigenvalue weighted by molar-refractivity contribution is 7.17. The Hall–Kier alpha value is -2.52. The van der Waals surface area contributed by atoms with Crippen LogP contribution in [0.4, 0.5) is 5.13 Å². The number of rotatable bonds is 4. The van der Waals surface area contributed by atoms with Crippen molar-refractivity contribution in [1.82, 2.24) is 14.8 Å². The fourth-order valence-corrected chi connectivity index (χ4v) is 3.59. The zero-order valence-corrected chi connectivity index (χ0v) is 13.9. The van der Waals surface area contributed by atoms with E-state index in [1.807, 2.05) is 24.4 Å². The van der Waals surface area contributed by atoms with Gasteiger partial charge in [-0.1, -0.05) is 0 Å². The van der Waals surface area contributed by atoms with Gasteiger partial charge in [0.2, 0.25) is 0 Å². The molecule has 0 aliphatic heterocycles. The molecule has 0 unspecified atom stereocenters. The minimum Gasteiger partial charge on any atom is -0.478 e. The Kier molecular flexibility index (Phi) is 3.97. The molecule has 118 valence electrons. The maximum atomic E-state index is 12.2. The standard InChI is InChI=1S/C14H12N4O3S2/c1-7-3-4-10(23-7)9-6-22-14(15-9)16-12(19)11-8(13(20)21)5-18(2)17-11/h3-6H,1-2H3,(H,20,21)(H,15,16,19). The molecule has 3 rings (SSSR count). The topological polar surface area (TPSA) is 97.1 Å². The summed E-state index contributed by atoms with van der Waals surface area (Å²) in [6.07, 6.45) is 1.29. The summed E-state index contributed by atoms with van der Waals surface area (Å²) in [4.78, 5) is 29.9. The van der Waals surface area contributed by atoms with Crippen molar-refractivity contribution in [3.63, 3.8) is 0 Å². The lowest BCUT2D eigenvalue weighted by Gasteiger charge is -1.99. The molecule has 0 atom stereocenters. The summed E-state index contributed by atoms with van der Waals surface area (Å²) in [5.41, 5.74) is 0.502. The second-order valence-electron chi connectivity index (χ2n) is 4.77. The summed E-state index contributed by atoms with van der Waals surface area (Å²) >= 11 is 2.90. The zero-order chi connectivity index (χ0) is 16.6. The summed E-state index contributed by atoms with van der Waals surface area (Å²) in [7, 11) is 1.56. The molecular formula is C14H12N4O3S2. The lowest BCUT2D eigenvalue weighted by Crippen LogP contribution is -2.16. The number of carbonyl (C=O) groups excluding carboxylic acids is 1. The molecule has 3 aromatic rings. The molecule has 0 radical (unpaired) electrons. The van der Waals surface area contributed by atoms with E-state index in [0.29, 0.717) is 5.13 Å². The number of thiazole rings is 1. The quantitative estimate of drug-likeness (QED) is 0.755. The molecule has 7 nitrogen and oxygen atoms in total. The van der Waals surface area contributed by atoms with Gasteiger partial charge in [-0.15, -0.1) is 22.7 Å². The molecule has 2 N–H and O–H groups in total. The molecule has 0 spiro atoms. The highest BCUT2D eigenvalue weighted by Gasteiger charge is 2.22. The maximum Gasteiger partial charge on any atom is 0.339 e. The Labute approximate surface area is 139 Å². The van der Waals surface area contributed by atoms with Crippen molar-refractivity contribution < 1.29 is 14.7 Å². The molecule has 3 heterocycles. The molecule has 0 saturated heterocycles. The Morgan fingerprint density at radius 2 is 2.13 bits per heavy atom. The summed E-state index contributed by atoms with van der Waals surface area (Å²) in [5.74, 6) is -1.79. The van der Waals surface area contributed by atoms with E-state index in [1.165, 1.54) is 27.1 Å². The highest BCUT2D eigenvalue weighted by atomic mass is 32.1. The molecular weight excluding hydrogens is 336 g/mol. The van der Waals surface area contributed by atoms with E-state index in [-0.39, 0.29) is 11.3 Å². The van der Waals surface area contributed by atoms with E-state index in [2.05, 4.69) is 15.4 Å². The average molecular weight is 348 g/mol. The van der Waals surface area contributed by atoms with E-state index in [1.54, 1.807) is 18.4 Å². The number of nitrogens with zero attached hydrogens (tertiary/aromatic N) is 3. The highest BCUT2D eigenvalue weighted by Crippen LogP contribution is 2.30. The molecule has 23 heavy (non-hydrogen) atoms. The van der Waals surface area contributed by atoms with Gasteiger partial charge in [0.05, 0.1) is 10.6 Å². The van der Waals surface area contributed by atoms with Gasteiger partial charge in [0.25, 0.3) is 5.91 Å². The van der Waals surface area contributed by atoms with Crippen molar-refractivity contribution >= 4 is 39.7 Å². The minimum absolute atomic E-state index is 0.135. The first-order valence-electron chi connectivity index (χ1n) is 6.54. The predicted octanol–water partition coefficient (Wildman–Crippen LogP) is 2.86. The fraction of sp³-hybridized carbons (Fsp3) is 0.143. The summed E-state index contributed by atoms with van der Waals surface area (Å²) in [6.45, 7) is 2.01. The molecule has 0 fully saturated rings. The van der Waals surface area contributed by atoms with E-state index in [4.69, 9.17) is 5.11 Å². The van der Waals surface area contributed by atoms with Crippen LogP contribution < -0.4 is 5.32 Å². The van der Waals surface area contributed by atoms with Crippen LogP contribution >= 0.6 is 22.7 Å². The zero-order valence-electron chi connectivity index (χ0n) is 12.2. The lowest BCUT2D eigenvalue weighted by molar-refractivity contribution is 0.0692. The van der Waals surface area contributed by atoms with Crippen LogP contribution in [0, 0.1) is 6.92 Å². The van der Waals surface area contributed by atoms with Crippen molar-refractivity contribution in [2.45, 2.75) is 6.92 Å². The Morgan fingerprint density at radius 1 is 1.35 bits per heavy atom. The Bertz CT molecular complexity index is 894. The molecule has 9 heteroatoms. The number of aromatic carboxylic acids is 1. The summed E-state index contributed by atoms with van der Waals surface area (Å²) < 4.78 is 1.29. The molecule has 1 amide bonds. The van der Waals surface area contributed by atoms with Crippen LogP contribution in [0.3, 0.4) is 0 Å². The van der Waals surface area contributed by atoms with E-state index >= 15 is 0 Å². The molecule has 3 aromatic heterocycles. The molecule has 0 aromatic carbocycles. The molecule has 0 saturated carbocycles. The Balaban J connectivity index is 1.81. The SMILES string of the molecule is Cc1ccc(-c2csc(NC(=O)c3nn(C)cc3C(=O)O)n2)s1.